The summed E-state index contributed by atoms with van der Waals surface area (Å²) in [5.74, 6) is 0.927. The van der Waals surface area contributed by atoms with Crippen molar-refractivity contribution in [2.45, 2.75) is 25.4 Å². The molecule has 0 aliphatic carbocycles. The molecule has 1 fully saturated rings. The van der Waals surface area contributed by atoms with Crippen LogP contribution in [0.4, 0.5) is 0 Å². The normalized spacial score (nSPS) is 20.3. The number of benzene rings is 1. The first-order valence-corrected chi connectivity index (χ1v) is 7.50. The van der Waals surface area contributed by atoms with Gasteiger partial charge in [-0.3, -0.25) is 4.90 Å². The third-order valence-corrected chi connectivity index (χ3v) is 4.07. The van der Waals surface area contributed by atoms with Gasteiger partial charge in [-0.15, -0.1) is 0 Å². The van der Waals surface area contributed by atoms with Crippen molar-refractivity contribution in [2.24, 2.45) is 5.73 Å². The SMILES string of the molecule is CN(C)C1CCCN(CCOc2ccccc2CN)C1. The van der Waals surface area contributed by atoms with Crippen molar-refractivity contribution in [2.75, 3.05) is 40.3 Å². The van der Waals surface area contributed by atoms with Crippen LogP contribution >= 0.6 is 0 Å². The zero-order valence-corrected chi connectivity index (χ0v) is 12.7. The molecule has 0 aromatic heterocycles. The van der Waals surface area contributed by atoms with E-state index in [2.05, 4.69) is 23.9 Å². The Labute approximate surface area is 122 Å². The molecule has 112 valence electrons. The maximum atomic E-state index is 5.89. The minimum Gasteiger partial charge on any atom is -0.492 e. The zero-order valence-electron chi connectivity index (χ0n) is 12.7. The Morgan fingerprint density at radius 2 is 2.15 bits per heavy atom. The Morgan fingerprint density at radius 1 is 1.35 bits per heavy atom. The average molecular weight is 277 g/mol. The highest BCUT2D eigenvalue weighted by atomic mass is 16.5. The van der Waals surface area contributed by atoms with Crippen LogP contribution in [0.1, 0.15) is 18.4 Å². The lowest BCUT2D eigenvalue weighted by Gasteiger charge is -2.36. The van der Waals surface area contributed by atoms with Crippen LogP contribution < -0.4 is 10.5 Å². The van der Waals surface area contributed by atoms with Gasteiger partial charge in [-0.2, -0.15) is 0 Å². The monoisotopic (exact) mass is 277 g/mol. The Balaban J connectivity index is 1.78. The Bertz CT molecular complexity index is 408. The first-order valence-electron chi connectivity index (χ1n) is 7.50. The lowest BCUT2D eigenvalue weighted by molar-refractivity contribution is 0.117. The number of hydrogen-bond acceptors (Lipinski definition) is 4. The van der Waals surface area contributed by atoms with Crippen molar-refractivity contribution in [1.29, 1.82) is 0 Å². The van der Waals surface area contributed by atoms with Gasteiger partial charge in [0.25, 0.3) is 0 Å². The van der Waals surface area contributed by atoms with Crippen LogP contribution in [0.2, 0.25) is 0 Å². The highest BCUT2D eigenvalue weighted by molar-refractivity contribution is 5.32. The van der Waals surface area contributed by atoms with Gasteiger partial charge in [-0.1, -0.05) is 18.2 Å². The van der Waals surface area contributed by atoms with Gasteiger partial charge in [0.2, 0.25) is 0 Å². The van der Waals surface area contributed by atoms with Crippen LogP contribution in [0.25, 0.3) is 0 Å². The fourth-order valence-electron chi connectivity index (χ4n) is 2.75. The molecule has 0 bridgehead atoms. The maximum absolute atomic E-state index is 5.89. The highest BCUT2D eigenvalue weighted by Gasteiger charge is 2.20. The van der Waals surface area contributed by atoms with Gasteiger partial charge in [0.1, 0.15) is 12.4 Å². The first-order chi connectivity index (χ1) is 9.70. The summed E-state index contributed by atoms with van der Waals surface area (Å²) >= 11 is 0. The lowest BCUT2D eigenvalue weighted by atomic mass is 10.1. The summed E-state index contributed by atoms with van der Waals surface area (Å²) in [4.78, 5) is 4.83. The summed E-state index contributed by atoms with van der Waals surface area (Å²) in [6.07, 6.45) is 2.59. The molecule has 1 aromatic carbocycles. The number of hydrogen-bond donors (Lipinski definition) is 1. The number of nitrogens with two attached hydrogens (primary N) is 1. The second-order valence-electron chi connectivity index (χ2n) is 5.72. The molecule has 0 amide bonds. The number of rotatable bonds is 6. The molecule has 1 aromatic rings. The predicted octanol–water partition coefficient (Wildman–Crippen LogP) is 1.55. The van der Waals surface area contributed by atoms with Crippen LogP contribution in [0.3, 0.4) is 0 Å². The van der Waals surface area contributed by atoms with Gasteiger partial charge < -0.3 is 15.4 Å². The molecular weight excluding hydrogens is 250 g/mol. The molecule has 1 unspecified atom stereocenters. The van der Waals surface area contributed by atoms with Crippen molar-refractivity contribution >= 4 is 0 Å². The van der Waals surface area contributed by atoms with E-state index in [-0.39, 0.29) is 0 Å². The third kappa shape index (κ3) is 4.20. The fraction of sp³-hybridized carbons (Fsp3) is 0.625. The van der Waals surface area contributed by atoms with Crippen LogP contribution in [0, 0.1) is 0 Å². The Morgan fingerprint density at radius 3 is 2.90 bits per heavy atom. The largest absolute Gasteiger partial charge is 0.492 e. The minimum atomic E-state index is 0.530. The van der Waals surface area contributed by atoms with Crippen molar-refractivity contribution in [3.8, 4) is 5.75 Å². The molecule has 1 heterocycles. The van der Waals surface area contributed by atoms with E-state index in [1.807, 2.05) is 24.3 Å². The summed E-state index contributed by atoms with van der Waals surface area (Å²) in [5.41, 5.74) is 6.80. The Kier molecular flexibility index (Phi) is 5.83. The molecule has 0 radical (unpaired) electrons. The molecule has 0 saturated carbocycles. The van der Waals surface area contributed by atoms with Crippen molar-refractivity contribution < 1.29 is 4.74 Å². The maximum Gasteiger partial charge on any atom is 0.123 e. The summed E-state index contributed by atoms with van der Waals surface area (Å²) in [5, 5.41) is 0. The first kappa shape index (κ1) is 15.3. The quantitative estimate of drug-likeness (QED) is 0.856. The van der Waals surface area contributed by atoms with E-state index >= 15 is 0 Å². The van der Waals surface area contributed by atoms with Crippen molar-refractivity contribution in [1.82, 2.24) is 9.80 Å². The van der Waals surface area contributed by atoms with Gasteiger partial charge in [0.15, 0.2) is 0 Å². The van der Waals surface area contributed by atoms with Crippen LogP contribution in [0.5, 0.6) is 5.75 Å². The average Bonchev–Trinajstić information content (AvgIpc) is 2.48. The number of nitrogens with zero attached hydrogens (tertiary/aromatic N) is 2. The van der Waals surface area contributed by atoms with Gasteiger partial charge in [-0.25, -0.2) is 0 Å². The van der Waals surface area contributed by atoms with Gasteiger partial charge in [0.05, 0.1) is 0 Å². The molecule has 1 saturated heterocycles. The molecular formula is C16H27N3O. The zero-order chi connectivity index (χ0) is 14.4. The summed E-state index contributed by atoms with van der Waals surface area (Å²) in [6.45, 7) is 4.59. The predicted molar refractivity (Wildman–Crippen MR) is 83.0 cm³/mol. The molecule has 2 N–H and O–H groups in total. The number of likely N-dealkylation sites (tertiary alicyclic amines) is 1. The van der Waals surface area contributed by atoms with Crippen molar-refractivity contribution in [3.05, 3.63) is 29.8 Å². The molecule has 1 aliphatic heterocycles. The van der Waals surface area contributed by atoms with Gasteiger partial charge in [-0.05, 0) is 39.5 Å². The lowest BCUT2D eigenvalue weighted by Crippen LogP contribution is -2.46. The van der Waals surface area contributed by atoms with Crippen LogP contribution in [-0.2, 0) is 6.54 Å². The molecule has 1 aliphatic rings. The van der Waals surface area contributed by atoms with Crippen molar-refractivity contribution in [3.63, 3.8) is 0 Å². The number of piperidine rings is 1. The van der Waals surface area contributed by atoms with Gasteiger partial charge in [0, 0.05) is 31.2 Å². The van der Waals surface area contributed by atoms with E-state index < -0.39 is 0 Å². The molecule has 4 nitrogen and oxygen atoms in total. The van der Waals surface area contributed by atoms with E-state index in [0.29, 0.717) is 12.6 Å². The van der Waals surface area contributed by atoms with E-state index in [9.17, 15) is 0 Å². The van der Waals surface area contributed by atoms with Crippen LogP contribution in [0.15, 0.2) is 24.3 Å². The number of likely N-dealkylation sites (N-methyl/N-ethyl adjacent to an activating group) is 1. The molecule has 4 heteroatoms. The molecule has 1 atom stereocenters. The summed E-state index contributed by atoms with van der Waals surface area (Å²) in [6, 6.07) is 8.71. The van der Waals surface area contributed by atoms with E-state index in [4.69, 9.17) is 10.5 Å². The molecule has 20 heavy (non-hydrogen) atoms. The highest BCUT2D eigenvalue weighted by Crippen LogP contribution is 2.17. The smallest absolute Gasteiger partial charge is 0.123 e. The molecule has 2 rings (SSSR count). The van der Waals surface area contributed by atoms with E-state index in [0.717, 1.165) is 31.0 Å². The second kappa shape index (κ2) is 7.62. The third-order valence-electron chi connectivity index (χ3n) is 4.07. The number of para-hydroxylation sites is 1. The topological polar surface area (TPSA) is 41.7 Å². The molecule has 0 spiro atoms. The minimum absolute atomic E-state index is 0.530. The van der Waals surface area contributed by atoms with E-state index in [1.54, 1.807) is 0 Å². The number of ether oxygens (including phenoxy) is 1. The summed E-state index contributed by atoms with van der Waals surface area (Å²) < 4.78 is 5.89. The Hall–Kier alpha value is -1.10. The van der Waals surface area contributed by atoms with Gasteiger partial charge >= 0.3 is 0 Å². The standard InChI is InChI=1S/C16H27N3O/c1-18(2)15-7-5-9-19(13-15)10-11-20-16-8-4-3-6-14(16)12-17/h3-4,6,8,15H,5,7,9-13,17H2,1-2H3. The second-order valence-corrected chi connectivity index (χ2v) is 5.72. The van der Waals surface area contributed by atoms with E-state index in [1.165, 1.54) is 19.4 Å². The fourth-order valence-corrected chi connectivity index (χ4v) is 2.75. The summed E-state index contributed by atoms with van der Waals surface area (Å²) in [7, 11) is 4.34. The van der Waals surface area contributed by atoms with Crippen LogP contribution in [-0.4, -0.2) is 56.2 Å².